The average Bonchev–Trinajstić information content (AvgIpc) is 3.62. The van der Waals surface area contributed by atoms with Crippen LogP contribution >= 0.6 is 0 Å². The highest BCUT2D eigenvalue weighted by Gasteiger charge is 2.37. The molecule has 4 atom stereocenters. The van der Waals surface area contributed by atoms with E-state index in [1.165, 1.54) is 29.2 Å². The normalized spacial score (nSPS) is 21.7. The molecule has 2 aromatic carbocycles. The van der Waals surface area contributed by atoms with Crippen molar-refractivity contribution < 1.29 is 32.9 Å². The van der Waals surface area contributed by atoms with E-state index in [0.717, 1.165) is 12.8 Å². The second-order valence-corrected chi connectivity index (χ2v) is 14.0. The maximum Gasteiger partial charge on any atom is 0.409 e. The van der Waals surface area contributed by atoms with E-state index < -0.39 is 17.7 Å². The smallest absolute Gasteiger partial charge is 0.409 e. The predicted molar refractivity (Wildman–Crippen MR) is 188 cm³/mol. The fourth-order valence-electron chi connectivity index (χ4n) is 7.33. The highest BCUT2D eigenvalue weighted by molar-refractivity contribution is 6.04. The van der Waals surface area contributed by atoms with Crippen LogP contribution in [0.25, 0.3) is 32.9 Å². The lowest BCUT2D eigenvalue weighted by molar-refractivity contribution is 0.0789. The fourth-order valence-corrected chi connectivity index (χ4v) is 7.33. The number of aromatic hydroxyl groups is 1. The number of amides is 1. The number of ether oxygens (including phenoxy) is 3. The Labute approximate surface area is 294 Å². The molecule has 14 heteroatoms. The van der Waals surface area contributed by atoms with E-state index in [0.29, 0.717) is 37.3 Å². The van der Waals surface area contributed by atoms with Gasteiger partial charge in [-0.25, -0.2) is 18.6 Å². The van der Waals surface area contributed by atoms with Gasteiger partial charge in [0.15, 0.2) is 5.82 Å². The Morgan fingerprint density at radius 2 is 1.86 bits per heavy atom. The van der Waals surface area contributed by atoms with E-state index in [-0.39, 0.29) is 87.7 Å². The molecule has 5 heterocycles. The van der Waals surface area contributed by atoms with Gasteiger partial charge in [-0.15, -0.1) is 6.42 Å². The molecule has 2 aromatic heterocycles. The molecule has 51 heavy (non-hydrogen) atoms. The van der Waals surface area contributed by atoms with Crippen molar-refractivity contribution in [3.8, 4) is 41.2 Å². The third-order valence-corrected chi connectivity index (χ3v) is 9.71. The molecule has 1 amide bonds. The summed E-state index contributed by atoms with van der Waals surface area (Å²) in [5.41, 5.74) is -0.333. The molecule has 0 aliphatic carbocycles. The quantitative estimate of drug-likeness (QED) is 0.249. The van der Waals surface area contributed by atoms with Gasteiger partial charge in [0.2, 0.25) is 5.88 Å². The molecule has 2 unspecified atom stereocenters. The summed E-state index contributed by atoms with van der Waals surface area (Å²) in [5, 5.41) is 15.2. The Morgan fingerprint density at radius 3 is 2.55 bits per heavy atom. The maximum atomic E-state index is 17.2. The lowest BCUT2D eigenvalue weighted by Crippen LogP contribution is -2.51. The zero-order valence-electron chi connectivity index (χ0n) is 29.2. The number of benzene rings is 2. The first-order valence-corrected chi connectivity index (χ1v) is 17.1. The Kier molecular flexibility index (Phi) is 9.19. The first-order chi connectivity index (χ1) is 24.4. The van der Waals surface area contributed by atoms with Crippen LogP contribution in [-0.2, 0) is 4.74 Å². The number of fused-ring (bicyclic) bond motifs is 4. The van der Waals surface area contributed by atoms with Crippen LogP contribution in [0.1, 0.15) is 38.7 Å². The van der Waals surface area contributed by atoms with Gasteiger partial charge in [0, 0.05) is 69.2 Å². The van der Waals surface area contributed by atoms with Gasteiger partial charge in [0.1, 0.15) is 46.7 Å². The van der Waals surface area contributed by atoms with E-state index in [1.54, 1.807) is 14.1 Å². The number of phenolic OH excluding ortho intramolecular Hbond substituents is 1. The molecule has 3 saturated heterocycles. The molecule has 0 radical (unpaired) electrons. The highest BCUT2D eigenvalue weighted by atomic mass is 19.1. The largest absolute Gasteiger partial charge is 0.508 e. The number of likely N-dealkylation sites (tertiary alicyclic amines) is 1. The van der Waals surface area contributed by atoms with Crippen LogP contribution in [0.3, 0.4) is 0 Å². The first kappa shape index (κ1) is 34.4. The van der Waals surface area contributed by atoms with E-state index in [4.69, 9.17) is 30.6 Å². The van der Waals surface area contributed by atoms with Gasteiger partial charge in [0.25, 0.3) is 0 Å². The lowest BCUT2D eigenvalue weighted by Gasteiger charge is -2.34. The maximum absolute atomic E-state index is 17.2. The Balaban J connectivity index is 1.37. The topological polar surface area (TPSA) is 125 Å². The number of halogens is 2. The monoisotopic (exact) mass is 701 g/mol. The standard InChI is InChI=1S/C37H41F2N7O5/c1-7-26-28(38)11-8-20-12-24(47)14-27(29(20)26)32-31(39)33-30(35(41-32)50-19(2)3)34(46-15-21-9-10-22(16-46)40-21)43-36(42-33)49-18-23-13-25(17-45(23)6)51-37(48)44(4)5/h1,8,11-12,14,19,21-23,25,40,47H,9-10,13,15-18H2,2-6H3/t21?,22?,23-,25+/m0/s1. The van der Waals surface area contributed by atoms with Crippen molar-refractivity contribution >= 4 is 33.6 Å². The van der Waals surface area contributed by atoms with Gasteiger partial charge in [-0.1, -0.05) is 12.0 Å². The number of anilines is 1. The number of rotatable bonds is 8. The zero-order valence-corrected chi connectivity index (χ0v) is 29.2. The molecule has 268 valence electrons. The number of phenols is 1. The Morgan fingerprint density at radius 1 is 1.12 bits per heavy atom. The van der Waals surface area contributed by atoms with E-state index in [9.17, 15) is 9.90 Å². The minimum absolute atomic E-state index is 0.0480. The number of pyridine rings is 1. The Bertz CT molecular complexity index is 2040. The minimum atomic E-state index is -0.833. The summed E-state index contributed by atoms with van der Waals surface area (Å²) in [5.74, 6) is 1.21. The third-order valence-electron chi connectivity index (χ3n) is 9.71. The van der Waals surface area contributed by atoms with Gasteiger partial charge in [0.05, 0.1) is 11.7 Å². The summed E-state index contributed by atoms with van der Waals surface area (Å²) >= 11 is 0. The molecule has 2 bridgehead atoms. The van der Waals surface area contributed by atoms with Crippen molar-refractivity contribution in [2.24, 2.45) is 0 Å². The van der Waals surface area contributed by atoms with Crippen LogP contribution in [0.2, 0.25) is 0 Å². The molecule has 3 aliphatic rings. The van der Waals surface area contributed by atoms with Crippen LogP contribution in [-0.4, -0.2) is 114 Å². The summed E-state index contributed by atoms with van der Waals surface area (Å²) in [6.07, 6.45) is 7.19. The van der Waals surface area contributed by atoms with E-state index in [1.807, 2.05) is 25.8 Å². The summed E-state index contributed by atoms with van der Waals surface area (Å²) in [6, 6.07) is 5.70. The number of carbonyl (C=O) groups is 1. The molecule has 4 aromatic rings. The lowest BCUT2D eigenvalue weighted by atomic mass is 9.95. The molecule has 12 nitrogen and oxygen atoms in total. The molecule has 7 rings (SSSR count). The number of terminal acetylenes is 1. The third kappa shape index (κ3) is 6.63. The molecule has 3 aliphatic heterocycles. The minimum Gasteiger partial charge on any atom is -0.508 e. The second-order valence-electron chi connectivity index (χ2n) is 14.0. The molecular formula is C37H41F2N7O5. The van der Waals surface area contributed by atoms with E-state index in [2.05, 4.69) is 21.1 Å². The van der Waals surface area contributed by atoms with Crippen molar-refractivity contribution in [2.45, 2.75) is 63.4 Å². The van der Waals surface area contributed by atoms with Crippen LogP contribution in [0.4, 0.5) is 19.4 Å². The predicted octanol–water partition coefficient (Wildman–Crippen LogP) is 4.69. The molecular weight excluding hydrogens is 660 g/mol. The van der Waals surface area contributed by atoms with Crippen molar-refractivity contribution in [1.82, 2.24) is 30.1 Å². The van der Waals surface area contributed by atoms with Crippen molar-refractivity contribution in [3.05, 3.63) is 41.5 Å². The highest BCUT2D eigenvalue weighted by Crippen LogP contribution is 2.43. The number of nitrogens with one attached hydrogen (secondary N) is 1. The SMILES string of the molecule is C#Cc1c(F)ccc2cc(O)cc(-c3nc(OC(C)C)c4c(N5CC6CCC(C5)N6)nc(OC[C@@H]5C[C@@H](OC(=O)N(C)C)CN5C)nc4c3F)c12. The molecule has 2 N–H and O–H groups in total. The number of carbonyl (C=O) groups excluding carboxylic acids is 1. The van der Waals surface area contributed by atoms with Crippen molar-refractivity contribution in [1.29, 1.82) is 0 Å². The van der Waals surface area contributed by atoms with Gasteiger partial charge >= 0.3 is 12.1 Å². The van der Waals surface area contributed by atoms with Crippen LogP contribution in [0.15, 0.2) is 24.3 Å². The second kappa shape index (κ2) is 13.6. The summed E-state index contributed by atoms with van der Waals surface area (Å²) < 4.78 is 50.4. The Hall–Kier alpha value is -5.00. The summed E-state index contributed by atoms with van der Waals surface area (Å²) in [7, 11) is 5.18. The molecule has 0 saturated carbocycles. The number of aromatic nitrogens is 3. The summed E-state index contributed by atoms with van der Waals surface area (Å²) in [6.45, 7) is 5.59. The zero-order chi connectivity index (χ0) is 36.1. The van der Waals surface area contributed by atoms with Crippen molar-refractivity contribution in [2.75, 3.05) is 52.3 Å². The number of piperazine rings is 1. The van der Waals surface area contributed by atoms with Crippen LogP contribution in [0.5, 0.6) is 17.6 Å². The average molecular weight is 702 g/mol. The number of nitrogens with zero attached hydrogens (tertiary/aromatic N) is 6. The van der Waals surface area contributed by atoms with Gasteiger partial charge in [-0.3, -0.25) is 4.90 Å². The van der Waals surface area contributed by atoms with Gasteiger partial charge in [-0.2, -0.15) is 9.97 Å². The first-order valence-electron chi connectivity index (χ1n) is 17.1. The molecule has 3 fully saturated rings. The molecule has 0 spiro atoms. The number of hydrogen-bond acceptors (Lipinski definition) is 11. The van der Waals surface area contributed by atoms with Gasteiger partial charge in [-0.05, 0) is 57.3 Å². The van der Waals surface area contributed by atoms with Crippen LogP contribution < -0.4 is 19.7 Å². The fraction of sp³-hybridized carbons (Fsp3) is 0.459. The number of hydrogen-bond donors (Lipinski definition) is 2. The summed E-state index contributed by atoms with van der Waals surface area (Å²) in [4.78, 5) is 31.9. The number of likely N-dealkylation sites (N-methyl/N-ethyl adjacent to an activating group) is 1. The van der Waals surface area contributed by atoms with Crippen molar-refractivity contribution in [3.63, 3.8) is 0 Å². The van der Waals surface area contributed by atoms with Gasteiger partial charge < -0.3 is 34.4 Å². The van der Waals surface area contributed by atoms with Crippen LogP contribution in [0, 0.1) is 24.0 Å². The van der Waals surface area contributed by atoms with E-state index >= 15 is 8.78 Å².